The quantitative estimate of drug-likeness (QED) is 0.458. The summed E-state index contributed by atoms with van der Waals surface area (Å²) in [6.07, 6.45) is 0.265. The molecule has 0 saturated heterocycles. The van der Waals surface area contributed by atoms with Crippen LogP contribution in [0, 0.1) is 0 Å². The minimum absolute atomic E-state index is 0.126. The number of para-hydroxylation sites is 1. The third-order valence-electron chi connectivity index (χ3n) is 4.33. The van der Waals surface area contributed by atoms with E-state index in [1.54, 1.807) is 7.11 Å². The van der Waals surface area contributed by atoms with Gasteiger partial charge in [0.2, 0.25) is 5.91 Å². The number of amides is 1. The number of thiazole rings is 1. The number of ether oxygens (including phenoxy) is 2. The first-order chi connectivity index (χ1) is 14.2. The molecule has 2 aromatic carbocycles. The zero-order valence-corrected chi connectivity index (χ0v) is 16.9. The minimum atomic E-state index is -0.126. The lowest BCUT2D eigenvalue weighted by Crippen LogP contribution is -2.14. The van der Waals surface area contributed by atoms with Crippen LogP contribution in [0.1, 0.15) is 12.5 Å². The van der Waals surface area contributed by atoms with E-state index in [4.69, 9.17) is 13.9 Å². The van der Waals surface area contributed by atoms with Crippen LogP contribution < -0.4 is 14.8 Å². The highest BCUT2D eigenvalue weighted by molar-refractivity contribution is 7.14. The highest BCUT2D eigenvalue weighted by atomic mass is 32.1. The molecule has 0 saturated carbocycles. The minimum Gasteiger partial charge on any atom is -0.497 e. The van der Waals surface area contributed by atoms with E-state index in [1.165, 1.54) is 11.3 Å². The molecule has 6 nitrogen and oxygen atoms in total. The van der Waals surface area contributed by atoms with Gasteiger partial charge in [0, 0.05) is 10.8 Å². The molecule has 4 rings (SSSR count). The molecule has 0 aliphatic rings. The van der Waals surface area contributed by atoms with Crippen LogP contribution >= 0.6 is 11.3 Å². The Morgan fingerprint density at radius 1 is 1.21 bits per heavy atom. The van der Waals surface area contributed by atoms with Crippen molar-refractivity contribution in [3.63, 3.8) is 0 Å². The number of furan rings is 1. The fourth-order valence-electron chi connectivity index (χ4n) is 2.97. The Balaban J connectivity index is 1.47. The smallest absolute Gasteiger partial charge is 0.230 e. The second-order valence-electron chi connectivity index (χ2n) is 6.33. The SMILES string of the molecule is CCOc1cccc2cc(-c3csc(NC(=O)Cc4ccc(OC)cc4)n3)oc12. The molecule has 0 atom stereocenters. The summed E-state index contributed by atoms with van der Waals surface area (Å²) in [5, 5.41) is 6.19. The summed E-state index contributed by atoms with van der Waals surface area (Å²) in [5.74, 6) is 1.98. The number of nitrogens with one attached hydrogen (secondary N) is 1. The Bertz CT molecular complexity index is 1130. The number of nitrogens with zero attached hydrogens (tertiary/aromatic N) is 1. The summed E-state index contributed by atoms with van der Waals surface area (Å²) < 4.78 is 16.7. The van der Waals surface area contributed by atoms with E-state index in [9.17, 15) is 4.79 Å². The Morgan fingerprint density at radius 3 is 2.79 bits per heavy atom. The molecule has 0 spiro atoms. The molecule has 4 aromatic rings. The van der Waals surface area contributed by atoms with Gasteiger partial charge < -0.3 is 19.2 Å². The molecule has 0 aliphatic heterocycles. The van der Waals surface area contributed by atoms with Crippen molar-refractivity contribution in [2.24, 2.45) is 0 Å². The number of rotatable bonds is 7. The van der Waals surface area contributed by atoms with Gasteiger partial charge in [0.15, 0.2) is 22.2 Å². The van der Waals surface area contributed by atoms with Crippen LogP contribution in [-0.4, -0.2) is 24.6 Å². The molecule has 29 heavy (non-hydrogen) atoms. The molecular formula is C22H20N2O4S. The molecule has 0 aliphatic carbocycles. The molecule has 1 amide bonds. The van der Waals surface area contributed by atoms with Crippen LogP contribution in [0.3, 0.4) is 0 Å². The lowest BCUT2D eigenvalue weighted by atomic mass is 10.1. The fraction of sp³-hybridized carbons (Fsp3) is 0.182. The van der Waals surface area contributed by atoms with Crippen molar-refractivity contribution in [1.29, 1.82) is 0 Å². The number of fused-ring (bicyclic) bond motifs is 1. The molecule has 2 aromatic heterocycles. The fourth-order valence-corrected chi connectivity index (χ4v) is 3.68. The number of benzene rings is 2. The summed E-state index contributed by atoms with van der Waals surface area (Å²) in [6, 6.07) is 15.1. The number of carbonyl (C=O) groups excluding carboxylic acids is 1. The van der Waals surface area contributed by atoms with Gasteiger partial charge >= 0.3 is 0 Å². The lowest BCUT2D eigenvalue weighted by molar-refractivity contribution is -0.115. The molecule has 0 radical (unpaired) electrons. The maximum absolute atomic E-state index is 12.3. The summed E-state index contributed by atoms with van der Waals surface area (Å²) >= 11 is 1.36. The van der Waals surface area contributed by atoms with Gasteiger partial charge in [0.1, 0.15) is 11.4 Å². The van der Waals surface area contributed by atoms with E-state index in [0.29, 0.717) is 34.5 Å². The monoisotopic (exact) mass is 408 g/mol. The molecule has 2 heterocycles. The molecule has 7 heteroatoms. The van der Waals surface area contributed by atoms with Crippen LogP contribution in [0.2, 0.25) is 0 Å². The van der Waals surface area contributed by atoms with Crippen molar-refractivity contribution in [3.8, 4) is 23.0 Å². The van der Waals surface area contributed by atoms with Crippen LogP contribution in [0.15, 0.2) is 58.3 Å². The Kier molecular flexibility index (Phi) is 5.48. The van der Waals surface area contributed by atoms with Crippen molar-refractivity contribution in [2.45, 2.75) is 13.3 Å². The van der Waals surface area contributed by atoms with Crippen LogP contribution in [0.5, 0.6) is 11.5 Å². The maximum Gasteiger partial charge on any atom is 0.230 e. The third-order valence-corrected chi connectivity index (χ3v) is 5.09. The second-order valence-corrected chi connectivity index (χ2v) is 7.19. The standard InChI is InChI=1S/C22H20N2O4S/c1-3-27-18-6-4-5-15-12-19(28-21(15)18)17-13-29-22(23-17)24-20(25)11-14-7-9-16(26-2)10-8-14/h4-10,12-13H,3,11H2,1-2H3,(H,23,24,25). The average molecular weight is 408 g/mol. The van der Waals surface area contributed by atoms with E-state index in [1.807, 2.05) is 60.8 Å². The van der Waals surface area contributed by atoms with Crippen molar-refractivity contribution in [1.82, 2.24) is 4.98 Å². The van der Waals surface area contributed by atoms with Crippen molar-refractivity contribution in [2.75, 3.05) is 19.0 Å². The van der Waals surface area contributed by atoms with Gasteiger partial charge in [-0.3, -0.25) is 4.79 Å². The molecule has 148 valence electrons. The first kappa shape index (κ1) is 19.0. The van der Waals surface area contributed by atoms with Crippen LogP contribution in [-0.2, 0) is 11.2 Å². The van der Waals surface area contributed by atoms with Gasteiger partial charge in [-0.25, -0.2) is 4.98 Å². The van der Waals surface area contributed by atoms with E-state index in [0.717, 1.165) is 16.7 Å². The summed E-state index contributed by atoms with van der Waals surface area (Å²) in [6.45, 7) is 2.50. The van der Waals surface area contributed by atoms with E-state index in [-0.39, 0.29) is 12.3 Å². The number of aromatic nitrogens is 1. The van der Waals surface area contributed by atoms with Gasteiger partial charge in [-0.15, -0.1) is 11.3 Å². The van der Waals surface area contributed by atoms with Gasteiger partial charge in [-0.2, -0.15) is 0 Å². The Morgan fingerprint density at radius 2 is 2.03 bits per heavy atom. The number of carbonyl (C=O) groups is 1. The van der Waals surface area contributed by atoms with Gasteiger partial charge in [-0.1, -0.05) is 24.3 Å². The maximum atomic E-state index is 12.3. The largest absolute Gasteiger partial charge is 0.497 e. The predicted octanol–water partition coefficient (Wildman–Crippen LogP) is 5.14. The number of hydrogen-bond donors (Lipinski definition) is 1. The van der Waals surface area contributed by atoms with Crippen molar-refractivity contribution >= 4 is 33.3 Å². The Labute approximate surface area is 172 Å². The molecular weight excluding hydrogens is 388 g/mol. The first-order valence-corrected chi connectivity index (χ1v) is 10.1. The van der Waals surface area contributed by atoms with Gasteiger partial charge in [0.25, 0.3) is 0 Å². The van der Waals surface area contributed by atoms with Crippen molar-refractivity contribution in [3.05, 3.63) is 59.5 Å². The number of methoxy groups -OCH3 is 1. The second kappa shape index (κ2) is 8.36. The number of hydrogen-bond acceptors (Lipinski definition) is 6. The van der Waals surface area contributed by atoms with Gasteiger partial charge in [-0.05, 0) is 36.8 Å². The lowest BCUT2D eigenvalue weighted by Gasteiger charge is -2.03. The molecule has 0 unspecified atom stereocenters. The molecule has 0 fully saturated rings. The summed E-state index contributed by atoms with van der Waals surface area (Å²) in [5.41, 5.74) is 2.27. The van der Waals surface area contributed by atoms with Crippen LogP contribution in [0.4, 0.5) is 5.13 Å². The van der Waals surface area contributed by atoms with E-state index < -0.39 is 0 Å². The zero-order valence-electron chi connectivity index (χ0n) is 16.1. The van der Waals surface area contributed by atoms with Gasteiger partial charge in [0.05, 0.1) is 20.1 Å². The molecule has 0 bridgehead atoms. The Hall–Kier alpha value is -3.32. The average Bonchev–Trinajstić information content (AvgIpc) is 3.36. The van der Waals surface area contributed by atoms with E-state index >= 15 is 0 Å². The number of anilines is 1. The zero-order chi connectivity index (χ0) is 20.2. The topological polar surface area (TPSA) is 73.6 Å². The first-order valence-electron chi connectivity index (χ1n) is 9.20. The normalized spacial score (nSPS) is 10.8. The predicted molar refractivity (Wildman–Crippen MR) is 114 cm³/mol. The highest BCUT2D eigenvalue weighted by Gasteiger charge is 2.14. The highest BCUT2D eigenvalue weighted by Crippen LogP contribution is 2.34. The van der Waals surface area contributed by atoms with Crippen molar-refractivity contribution < 1.29 is 18.7 Å². The summed E-state index contributed by atoms with van der Waals surface area (Å²) in [7, 11) is 1.61. The van der Waals surface area contributed by atoms with Crippen LogP contribution in [0.25, 0.3) is 22.4 Å². The van der Waals surface area contributed by atoms with E-state index in [2.05, 4.69) is 10.3 Å². The summed E-state index contributed by atoms with van der Waals surface area (Å²) in [4.78, 5) is 16.8. The third kappa shape index (κ3) is 4.25. The molecule has 1 N–H and O–H groups in total.